The van der Waals surface area contributed by atoms with Gasteiger partial charge in [-0.05, 0) is 18.6 Å². The van der Waals surface area contributed by atoms with Crippen LogP contribution in [-0.4, -0.2) is 40.0 Å². The number of anilines is 1. The number of aromatic nitrogens is 1. The van der Waals surface area contributed by atoms with E-state index >= 15 is 0 Å². The van der Waals surface area contributed by atoms with E-state index in [1.807, 2.05) is 0 Å². The molecule has 2 atom stereocenters. The molecule has 0 unspecified atom stereocenters. The molecular weight excluding hydrogens is 463 g/mol. The molecule has 0 radical (unpaired) electrons. The Kier molecular flexibility index (Phi) is 6.38. The number of para-hydroxylation sites is 1. The van der Waals surface area contributed by atoms with Gasteiger partial charge in [0, 0.05) is 30.2 Å². The van der Waals surface area contributed by atoms with Crippen molar-refractivity contribution in [2.24, 2.45) is 11.7 Å². The number of fused-ring (bicyclic) bond motifs is 1. The first-order valence-corrected chi connectivity index (χ1v) is 10.8. The summed E-state index contributed by atoms with van der Waals surface area (Å²) in [6.45, 7) is -0.0824. The van der Waals surface area contributed by atoms with Crippen LogP contribution in [0.2, 0.25) is 5.02 Å². The van der Waals surface area contributed by atoms with Crippen LogP contribution in [0, 0.1) is 23.1 Å². The summed E-state index contributed by atoms with van der Waals surface area (Å²) in [5, 5.41) is 15.2. The van der Waals surface area contributed by atoms with Gasteiger partial charge in [0.15, 0.2) is 0 Å². The van der Waals surface area contributed by atoms with Crippen LogP contribution in [0.4, 0.5) is 19.7 Å². The quantitative estimate of drug-likeness (QED) is 0.525. The van der Waals surface area contributed by atoms with E-state index in [2.05, 4.69) is 16.7 Å². The summed E-state index contributed by atoms with van der Waals surface area (Å²) in [6.07, 6.45) is 1.54. The standard InChI is InChI=1S/C23H20ClFN6O3/c24-16-6-3-4-14(20(16)25)10-28-21(32)19-8-13(9-26)11-31(19)23(34)29-17-12-30(22(27)33)18-7-2-1-5-15(17)18/h1-7,12-13,19H,8,10-11H2,(H2,27,33)(H,28,32)(H,29,34)/t13-,19+/m1/s1. The molecule has 0 spiro atoms. The number of benzene rings is 2. The molecule has 4 rings (SSSR count). The summed E-state index contributed by atoms with van der Waals surface area (Å²) in [4.78, 5) is 39.0. The number of hydrogen-bond donors (Lipinski definition) is 3. The number of rotatable bonds is 4. The maximum Gasteiger partial charge on any atom is 0.323 e. The first-order chi connectivity index (χ1) is 16.3. The van der Waals surface area contributed by atoms with Crippen molar-refractivity contribution in [3.05, 3.63) is 65.1 Å². The van der Waals surface area contributed by atoms with E-state index in [0.717, 1.165) is 0 Å². The van der Waals surface area contributed by atoms with E-state index in [0.29, 0.717) is 16.6 Å². The highest BCUT2D eigenvalue weighted by Gasteiger charge is 2.40. The van der Waals surface area contributed by atoms with Gasteiger partial charge in [0.05, 0.1) is 28.2 Å². The number of carbonyl (C=O) groups excluding carboxylic acids is 3. The Morgan fingerprint density at radius 2 is 1.97 bits per heavy atom. The van der Waals surface area contributed by atoms with Crippen molar-refractivity contribution in [2.75, 3.05) is 11.9 Å². The minimum absolute atomic E-state index is 0.0421. The van der Waals surface area contributed by atoms with E-state index in [1.165, 1.54) is 27.8 Å². The average molecular weight is 483 g/mol. The minimum atomic E-state index is -0.934. The normalized spacial score (nSPS) is 17.4. The van der Waals surface area contributed by atoms with E-state index in [-0.39, 0.29) is 30.1 Å². The molecule has 9 nitrogen and oxygen atoms in total. The first-order valence-electron chi connectivity index (χ1n) is 10.4. The predicted octanol–water partition coefficient (Wildman–Crippen LogP) is 3.42. The third-order valence-corrected chi connectivity index (χ3v) is 6.01. The van der Waals surface area contributed by atoms with Crippen LogP contribution in [0.15, 0.2) is 48.7 Å². The molecule has 2 aromatic carbocycles. The molecule has 34 heavy (non-hydrogen) atoms. The number of nitriles is 1. The van der Waals surface area contributed by atoms with Gasteiger partial charge in [0.1, 0.15) is 11.9 Å². The minimum Gasteiger partial charge on any atom is -0.351 e. The molecule has 1 aliphatic rings. The highest BCUT2D eigenvalue weighted by atomic mass is 35.5. The van der Waals surface area contributed by atoms with Crippen molar-refractivity contribution in [1.29, 1.82) is 5.26 Å². The maximum atomic E-state index is 14.1. The number of likely N-dealkylation sites (tertiary alicyclic amines) is 1. The fourth-order valence-electron chi connectivity index (χ4n) is 4.04. The summed E-state index contributed by atoms with van der Waals surface area (Å²) in [5.74, 6) is -1.70. The summed E-state index contributed by atoms with van der Waals surface area (Å²) < 4.78 is 15.3. The number of halogens is 2. The number of nitrogens with zero attached hydrogens (tertiary/aromatic N) is 3. The smallest absolute Gasteiger partial charge is 0.323 e. The van der Waals surface area contributed by atoms with Gasteiger partial charge in [-0.15, -0.1) is 0 Å². The van der Waals surface area contributed by atoms with E-state index < -0.39 is 35.7 Å². The molecule has 0 bridgehead atoms. The van der Waals surface area contributed by atoms with E-state index in [4.69, 9.17) is 17.3 Å². The summed E-state index contributed by atoms with van der Waals surface area (Å²) in [7, 11) is 0. The molecule has 4 N–H and O–H groups in total. The molecule has 0 saturated carbocycles. The van der Waals surface area contributed by atoms with Gasteiger partial charge < -0.3 is 21.3 Å². The van der Waals surface area contributed by atoms with Gasteiger partial charge in [-0.25, -0.2) is 14.0 Å². The zero-order chi connectivity index (χ0) is 24.4. The van der Waals surface area contributed by atoms with Gasteiger partial charge >= 0.3 is 12.1 Å². The van der Waals surface area contributed by atoms with Crippen molar-refractivity contribution in [1.82, 2.24) is 14.8 Å². The van der Waals surface area contributed by atoms with Gasteiger partial charge in [-0.1, -0.05) is 41.9 Å². The number of hydrogen-bond acceptors (Lipinski definition) is 4. The van der Waals surface area contributed by atoms with Crippen molar-refractivity contribution >= 4 is 46.2 Å². The molecule has 2 heterocycles. The van der Waals surface area contributed by atoms with Crippen LogP contribution in [0.25, 0.3) is 10.9 Å². The topological polar surface area (TPSA) is 133 Å². The van der Waals surface area contributed by atoms with E-state index in [9.17, 15) is 24.0 Å². The predicted molar refractivity (Wildman–Crippen MR) is 123 cm³/mol. The molecule has 1 aliphatic heterocycles. The molecule has 174 valence electrons. The zero-order valence-corrected chi connectivity index (χ0v) is 18.6. The second kappa shape index (κ2) is 9.41. The largest absolute Gasteiger partial charge is 0.351 e. The fraction of sp³-hybridized carbons (Fsp3) is 0.217. The number of nitrogens with two attached hydrogens (primary N) is 1. The SMILES string of the molecule is N#C[C@H]1C[C@@H](C(=O)NCc2cccc(Cl)c2F)N(C(=O)Nc2cn(C(N)=O)c3ccccc23)C1. The Morgan fingerprint density at radius 3 is 2.71 bits per heavy atom. The summed E-state index contributed by atoms with van der Waals surface area (Å²) in [5.41, 5.74) is 6.47. The second-order valence-electron chi connectivity index (χ2n) is 7.86. The molecular formula is C23H20ClFN6O3. The maximum absolute atomic E-state index is 14.1. The van der Waals surface area contributed by atoms with Crippen molar-refractivity contribution in [3.8, 4) is 6.07 Å². The summed E-state index contributed by atoms with van der Waals surface area (Å²) in [6, 6.07) is 11.2. The van der Waals surface area contributed by atoms with Crippen LogP contribution in [0.3, 0.4) is 0 Å². The lowest BCUT2D eigenvalue weighted by molar-refractivity contribution is -0.124. The lowest BCUT2D eigenvalue weighted by Gasteiger charge is -2.24. The Hall–Kier alpha value is -4.10. The Labute approximate surface area is 198 Å². The number of primary amides is 1. The Bertz CT molecular complexity index is 1330. The van der Waals surface area contributed by atoms with Crippen molar-refractivity contribution < 1.29 is 18.8 Å². The number of urea groups is 1. The molecule has 3 aromatic rings. The number of nitrogens with one attached hydrogen (secondary N) is 2. The van der Waals surface area contributed by atoms with Crippen LogP contribution in [0.1, 0.15) is 12.0 Å². The van der Waals surface area contributed by atoms with E-state index in [1.54, 1.807) is 30.3 Å². The van der Waals surface area contributed by atoms with Gasteiger partial charge in [-0.2, -0.15) is 5.26 Å². The van der Waals surface area contributed by atoms with Gasteiger partial charge in [0.25, 0.3) is 0 Å². The Morgan fingerprint density at radius 1 is 1.21 bits per heavy atom. The number of amides is 4. The third-order valence-electron chi connectivity index (χ3n) is 5.72. The summed E-state index contributed by atoms with van der Waals surface area (Å²) >= 11 is 5.78. The highest BCUT2D eigenvalue weighted by Crippen LogP contribution is 2.28. The van der Waals surface area contributed by atoms with Crippen molar-refractivity contribution in [2.45, 2.75) is 19.0 Å². The highest BCUT2D eigenvalue weighted by molar-refractivity contribution is 6.30. The Balaban J connectivity index is 1.53. The first kappa shape index (κ1) is 23.1. The molecule has 4 amide bonds. The van der Waals surface area contributed by atoms with Crippen LogP contribution in [0.5, 0.6) is 0 Å². The second-order valence-corrected chi connectivity index (χ2v) is 8.27. The fourth-order valence-corrected chi connectivity index (χ4v) is 4.23. The van der Waals surface area contributed by atoms with Gasteiger partial charge in [0.2, 0.25) is 5.91 Å². The molecule has 11 heteroatoms. The van der Waals surface area contributed by atoms with Crippen molar-refractivity contribution in [3.63, 3.8) is 0 Å². The lowest BCUT2D eigenvalue weighted by atomic mass is 10.1. The van der Waals surface area contributed by atoms with Gasteiger partial charge in [-0.3, -0.25) is 9.36 Å². The molecule has 1 saturated heterocycles. The monoisotopic (exact) mass is 482 g/mol. The van der Waals surface area contributed by atoms with Crippen LogP contribution >= 0.6 is 11.6 Å². The molecule has 1 fully saturated rings. The van der Waals surface area contributed by atoms with Crippen LogP contribution in [-0.2, 0) is 11.3 Å². The number of carbonyl (C=O) groups is 3. The molecule has 1 aromatic heterocycles. The lowest BCUT2D eigenvalue weighted by Crippen LogP contribution is -2.47. The average Bonchev–Trinajstić information content (AvgIpc) is 3.42. The zero-order valence-electron chi connectivity index (χ0n) is 17.8. The molecule has 0 aliphatic carbocycles. The third kappa shape index (κ3) is 4.38. The van der Waals surface area contributed by atoms with Crippen LogP contribution < -0.4 is 16.4 Å².